The van der Waals surface area contributed by atoms with Crippen LogP contribution in [0.5, 0.6) is 5.75 Å². The van der Waals surface area contributed by atoms with E-state index < -0.39 is 0 Å². The minimum atomic E-state index is -0.105. The molecule has 0 fully saturated rings. The number of allylic oxidation sites excluding steroid dienone is 3. The number of hydrogen-bond acceptors (Lipinski definition) is 2. The first kappa shape index (κ1) is 23.1. The molecule has 0 aliphatic heterocycles. The van der Waals surface area contributed by atoms with E-state index in [0.29, 0.717) is 0 Å². The molecular formula is C21H33NO. The Balaban J connectivity index is 0. The molecule has 2 nitrogen and oxygen atoms in total. The Morgan fingerprint density at radius 3 is 2.22 bits per heavy atom. The summed E-state index contributed by atoms with van der Waals surface area (Å²) in [6.07, 6.45) is 7.68. The number of benzene rings is 1. The maximum absolute atomic E-state index is 9.60. The van der Waals surface area contributed by atoms with Gasteiger partial charge >= 0.3 is 0 Å². The molecule has 0 spiro atoms. The third-order valence-electron chi connectivity index (χ3n) is 2.80. The van der Waals surface area contributed by atoms with Crippen molar-refractivity contribution >= 4 is 0 Å². The van der Waals surface area contributed by atoms with Crippen LogP contribution in [-0.2, 0) is 0 Å². The van der Waals surface area contributed by atoms with Crippen LogP contribution in [0.4, 0.5) is 0 Å². The zero-order chi connectivity index (χ0) is 18.3. The standard InChI is InChI=1S/C17H21NO.2C2H6/c1-5-9-15(7-3)18-17(13(4)6-2)14-10-8-11-16(19)12-14;2*1-2/h5-12,17-19H,2,4H2,1,3H3;2*1-2H3/b9-5-,15-7+;;. The number of phenols is 1. The molecule has 0 radical (unpaired) electrons. The van der Waals surface area contributed by atoms with Crippen LogP contribution >= 0.6 is 0 Å². The van der Waals surface area contributed by atoms with Gasteiger partial charge in [-0.25, -0.2) is 0 Å². The van der Waals surface area contributed by atoms with Crippen LogP contribution in [0, 0.1) is 0 Å². The van der Waals surface area contributed by atoms with E-state index in [9.17, 15) is 5.11 Å². The Labute approximate surface area is 143 Å². The van der Waals surface area contributed by atoms with Gasteiger partial charge in [-0.1, -0.05) is 71.2 Å². The van der Waals surface area contributed by atoms with Crippen LogP contribution < -0.4 is 5.32 Å². The summed E-state index contributed by atoms with van der Waals surface area (Å²) in [4.78, 5) is 0. The molecule has 0 heterocycles. The van der Waals surface area contributed by atoms with E-state index in [1.54, 1.807) is 18.2 Å². The molecule has 23 heavy (non-hydrogen) atoms. The zero-order valence-corrected chi connectivity index (χ0v) is 15.6. The highest BCUT2D eigenvalue weighted by atomic mass is 16.3. The summed E-state index contributed by atoms with van der Waals surface area (Å²) in [7, 11) is 0. The molecule has 0 aliphatic rings. The van der Waals surface area contributed by atoms with E-state index in [4.69, 9.17) is 0 Å². The van der Waals surface area contributed by atoms with Crippen molar-refractivity contribution in [3.8, 4) is 5.75 Å². The lowest BCUT2D eigenvalue weighted by molar-refractivity contribution is 0.473. The van der Waals surface area contributed by atoms with Crippen LogP contribution in [0.2, 0.25) is 0 Å². The van der Waals surface area contributed by atoms with Gasteiger partial charge in [-0.15, -0.1) is 0 Å². The summed E-state index contributed by atoms with van der Waals surface area (Å²) in [5.74, 6) is 0.245. The number of aromatic hydroxyl groups is 1. The summed E-state index contributed by atoms with van der Waals surface area (Å²) in [5, 5.41) is 13.0. The molecule has 0 amide bonds. The molecule has 0 aromatic heterocycles. The Morgan fingerprint density at radius 2 is 1.78 bits per heavy atom. The van der Waals surface area contributed by atoms with Crippen molar-refractivity contribution in [2.24, 2.45) is 0 Å². The van der Waals surface area contributed by atoms with Gasteiger partial charge in [0.05, 0.1) is 6.04 Å². The molecular weight excluding hydrogens is 282 g/mol. The summed E-state index contributed by atoms with van der Waals surface area (Å²) in [6, 6.07) is 7.05. The topological polar surface area (TPSA) is 32.3 Å². The predicted molar refractivity (Wildman–Crippen MR) is 105 cm³/mol. The van der Waals surface area contributed by atoms with E-state index in [2.05, 4.69) is 18.5 Å². The van der Waals surface area contributed by atoms with Gasteiger partial charge in [-0.05, 0) is 43.2 Å². The summed E-state index contributed by atoms with van der Waals surface area (Å²) in [5.41, 5.74) is 2.81. The van der Waals surface area contributed by atoms with Crippen LogP contribution in [-0.4, -0.2) is 5.11 Å². The van der Waals surface area contributed by atoms with E-state index in [1.165, 1.54) is 0 Å². The van der Waals surface area contributed by atoms with Crippen molar-refractivity contribution < 1.29 is 5.11 Å². The lowest BCUT2D eigenvalue weighted by atomic mass is 9.99. The lowest BCUT2D eigenvalue weighted by Crippen LogP contribution is -2.21. The fourth-order valence-electron chi connectivity index (χ4n) is 1.79. The molecule has 1 aromatic carbocycles. The minimum absolute atomic E-state index is 0.105. The number of nitrogens with one attached hydrogen (secondary N) is 1. The first-order valence-corrected chi connectivity index (χ1v) is 8.28. The van der Waals surface area contributed by atoms with Gasteiger partial charge < -0.3 is 10.4 Å². The molecule has 0 bridgehead atoms. The Bertz CT molecular complexity index is 512. The van der Waals surface area contributed by atoms with Gasteiger partial charge in [-0.3, -0.25) is 0 Å². The normalized spacial score (nSPS) is 11.5. The second-order valence-corrected chi connectivity index (χ2v) is 4.20. The summed E-state index contributed by atoms with van der Waals surface area (Å²) in [6.45, 7) is 19.7. The summed E-state index contributed by atoms with van der Waals surface area (Å²) >= 11 is 0. The highest BCUT2D eigenvalue weighted by molar-refractivity contribution is 5.38. The fraction of sp³-hybridized carbons (Fsp3) is 0.333. The molecule has 2 N–H and O–H groups in total. The van der Waals surface area contributed by atoms with Gasteiger partial charge in [0.25, 0.3) is 0 Å². The van der Waals surface area contributed by atoms with Crippen LogP contribution in [0.25, 0.3) is 0 Å². The quantitative estimate of drug-likeness (QED) is 0.604. The fourth-order valence-corrected chi connectivity index (χ4v) is 1.79. The van der Waals surface area contributed by atoms with Crippen molar-refractivity contribution in [3.63, 3.8) is 0 Å². The Kier molecular flexibility index (Phi) is 14.7. The van der Waals surface area contributed by atoms with E-state index in [-0.39, 0.29) is 11.8 Å². The molecule has 1 unspecified atom stereocenters. The average Bonchev–Trinajstić information content (AvgIpc) is 2.61. The maximum Gasteiger partial charge on any atom is 0.115 e. The van der Waals surface area contributed by atoms with Crippen LogP contribution in [0.15, 0.2) is 73.0 Å². The van der Waals surface area contributed by atoms with Crippen LogP contribution in [0.1, 0.15) is 53.1 Å². The smallest absolute Gasteiger partial charge is 0.115 e. The van der Waals surface area contributed by atoms with Gasteiger partial charge in [0.2, 0.25) is 0 Å². The largest absolute Gasteiger partial charge is 0.508 e. The first-order chi connectivity index (χ1) is 11.1. The highest BCUT2D eigenvalue weighted by Gasteiger charge is 2.13. The van der Waals surface area contributed by atoms with Gasteiger partial charge in [0, 0.05) is 5.70 Å². The van der Waals surface area contributed by atoms with E-state index >= 15 is 0 Å². The molecule has 2 heteroatoms. The molecule has 0 saturated carbocycles. The number of rotatable bonds is 6. The minimum Gasteiger partial charge on any atom is -0.508 e. The molecule has 1 atom stereocenters. The predicted octanol–water partition coefficient (Wildman–Crippen LogP) is 6.30. The Hall–Kier alpha value is -2.22. The zero-order valence-electron chi connectivity index (χ0n) is 15.6. The molecule has 1 aromatic rings. The highest BCUT2D eigenvalue weighted by Crippen LogP contribution is 2.25. The van der Waals surface area contributed by atoms with Crippen molar-refractivity contribution in [1.29, 1.82) is 0 Å². The Morgan fingerprint density at radius 1 is 1.17 bits per heavy atom. The van der Waals surface area contributed by atoms with Gasteiger partial charge in [-0.2, -0.15) is 0 Å². The molecule has 128 valence electrons. The van der Waals surface area contributed by atoms with Crippen molar-refractivity contribution in [2.45, 2.75) is 47.6 Å². The monoisotopic (exact) mass is 315 g/mol. The van der Waals surface area contributed by atoms with Gasteiger partial charge in [0.15, 0.2) is 0 Å². The van der Waals surface area contributed by atoms with Crippen molar-refractivity contribution in [1.82, 2.24) is 5.32 Å². The third-order valence-corrected chi connectivity index (χ3v) is 2.80. The van der Waals surface area contributed by atoms with Crippen LogP contribution in [0.3, 0.4) is 0 Å². The second-order valence-electron chi connectivity index (χ2n) is 4.20. The van der Waals surface area contributed by atoms with Gasteiger partial charge in [0.1, 0.15) is 5.75 Å². The average molecular weight is 316 g/mol. The first-order valence-electron chi connectivity index (χ1n) is 8.28. The van der Waals surface area contributed by atoms with E-state index in [1.807, 2.05) is 71.9 Å². The molecule has 1 rings (SSSR count). The maximum atomic E-state index is 9.60. The number of phenolic OH excluding ortho intramolecular Hbond substituents is 1. The second kappa shape index (κ2) is 14.7. The van der Waals surface area contributed by atoms with E-state index in [0.717, 1.165) is 16.8 Å². The molecule has 0 saturated heterocycles. The summed E-state index contributed by atoms with van der Waals surface area (Å²) < 4.78 is 0. The van der Waals surface area contributed by atoms with Crippen molar-refractivity contribution in [3.05, 3.63) is 78.6 Å². The SMILES string of the molecule is C=CC(=C)C(NC(/C=C\C)=C/C)c1cccc(O)c1.CC.CC. The molecule has 0 aliphatic carbocycles. The number of hydrogen-bond donors (Lipinski definition) is 2. The lowest BCUT2D eigenvalue weighted by Gasteiger charge is -2.21. The van der Waals surface area contributed by atoms with Crippen molar-refractivity contribution in [2.75, 3.05) is 0 Å². The third kappa shape index (κ3) is 8.72.